The summed E-state index contributed by atoms with van der Waals surface area (Å²) in [5.41, 5.74) is 0.815. The Morgan fingerprint density at radius 2 is 2.06 bits per heavy atom. The molecule has 0 bridgehead atoms. The van der Waals surface area contributed by atoms with Crippen molar-refractivity contribution in [1.82, 2.24) is 0 Å². The summed E-state index contributed by atoms with van der Waals surface area (Å²) >= 11 is 5.95. The van der Waals surface area contributed by atoms with Crippen LogP contribution in [0.1, 0.15) is 25.8 Å². The molecule has 3 nitrogen and oxygen atoms in total. The van der Waals surface area contributed by atoms with Gasteiger partial charge in [0.25, 0.3) is 0 Å². The van der Waals surface area contributed by atoms with Gasteiger partial charge in [0.15, 0.2) is 0 Å². The van der Waals surface area contributed by atoms with E-state index in [2.05, 4.69) is 13.8 Å². The van der Waals surface area contributed by atoms with E-state index in [4.69, 9.17) is 21.1 Å². The van der Waals surface area contributed by atoms with Crippen LogP contribution >= 0.6 is 11.6 Å². The molecular formula is C14H19ClO3. The molecular weight excluding hydrogens is 252 g/mol. The first kappa shape index (κ1) is 15.0. The second-order valence-corrected chi connectivity index (χ2v) is 4.88. The first-order chi connectivity index (χ1) is 8.59. The topological polar surface area (TPSA) is 35.5 Å². The minimum atomic E-state index is -0.265. The molecule has 0 saturated heterocycles. The summed E-state index contributed by atoms with van der Waals surface area (Å²) in [7, 11) is 0. The van der Waals surface area contributed by atoms with Crippen molar-refractivity contribution >= 4 is 17.6 Å². The predicted octanol–water partition coefficient (Wildman–Crippen LogP) is 3.45. The number of halogens is 1. The maximum absolute atomic E-state index is 11.4. The van der Waals surface area contributed by atoms with E-state index in [-0.39, 0.29) is 19.0 Å². The SMILES string of the molecule is CC(C)COCCC(=O)OCc1ccccc1Cl. The van der Waals surface area contributed by atoms with Crippen molar-refractivity contribution in [1.29, 1.82) is 0 Å². The highest BCUT2D eigenvalue weighted by Crippen LogP contribution is 2.15. The largest absolute Gasteiger partial charge is 0.461 e. The van der Waals surface area contributed by atoms with Gasteiger partial charge >= 0.3 is 5.97 Å². The van der Waals surface area contributed by atoms with E-state index < -0.39 is 0 Å². The first-order valence-corrected chi connectivity index (χ1v) is 6.44. The molecule has 0 heterocycles. The lowest BCUT2D eigenvalue weighted by atomic mass is 10.2. The molecule has 0 N–H and O–H groups in total. The van der Waals surface area contributed by atoms with Crippen LogP contribution in [0.2, 0.25) is 5.02 Å². The Kier molecular flexibility index (Phi) is 6.76. The molecule has 18 heavy (non-hydrogen) atoms. The smallest absolute Gasteiger partial charge is 0.308 e. The van der Waals surface area contributed by atoms with Gasteiger partial charge in [-0.1, -0.05) is 43.6 Å². The van der Waals surface area contributed by atoms with Crippen LogP contribution in [0.15, 0.2) is 24.3 Å². The van der Waals surface area contributed by atoms with E-state index in [1.54, 1.807) is 6.07 Å². The minimum Gasteiger partial charge on any atom is -0.461 e. The minimum absolute atomic E-state index is 0.211. The summed E-state index contributed by atoms with van der Waals surface area (Å²) in [6.07, 6.45) is 0.275. The third-order valence-corrected chi connectivity index (χ3v) is 2.62. The van der Waals surface area contributed by atoms with Crippen molar-refractivity contribution in [2.45, 2.75) is 26.9 Å². The fourth-order valence-corrected chi connectivity index (χ4v) is 1.51. The number of carbonyl (C=O) groups is 1. The summed E-state index contributed by atoms with van der Waals surface area (Å²) in [6, 6.07) is 7.32. The quantitative estimate of drug-likeness (QED) is 0.562. The van der Waals surface area contributed by atoms with Gasteiger partial charge in [0.2, 0.25) is 0 Å². The third-order valence-electron chi connectivity index (χ3n) is 2.25. The molecule has 0 amide bonds. The standard InChI is InChI=1S/C14H19ClO3/c1-11(2)9-17-8-7-14(16)18-10-12-5-3-4-6-13(12)15/h3-6,11H,7-10H2,1-2H3. The third kappa shape index (κ3) is 6.03. The van der Waals surface area contributed by atoms with Crippen molar-refractivity contribution < 1.29 is 14.3 Å². The lowest BCUT2D eigenvalue weighted by Gasteiger charge is -2.08. The zero-order valence-electron chi connectivity index (χ0n) is 10.8. The number of carbonyl (C=O) groups excluding carboxylic acids is 1. The second kappa shape index (κ2) is 8.11. The fraction of sp³-hybridized carbons (Fsp3) is 0.500. The highest BCUT2D eigenvalue weighted by molar-refractivity contribution is 6.31. The van der Waals surface area contributed by atoms with Gasteiger partial charge in [0, 0.05) is 17.2 Å². The van der Waals surface area contributed by atoms with Crippen LogP contribution in [0.25, 0.3) is 0 Å². The van der Waals surface area contributed by atoms with Crippen LogP contribution in [0.4, 0.5) is 0 Å². The number of ether oxygens (including phenoxy) is 2. The van der Waals surface area contributed by atoms with E-state index in [0.717, 1.165) is 5.56 Å². The Balaban J connectivity index is 2.19. The number of esters is 1. The van der Waals surface area contributed by atoms with Crippen molar-refractivity contribution in [3.8, 4) is 0 Å². The zero-order chi connectivity index (χ0) is 13.4. The van der Waals surface area contributed by atoms with Crippen LogP contribution in [0.3, 0.4) is 0 Å². The van der Waals surface area contributed by atoms with E-state index >= 15 is 0 Å². The van der Waals surface area contributed by atoms with Gasteiger partial charge in [-0.15, -0.1) is 0 Å². The molecule has 0 aliphatic rings. The summed E-state index contributed by atoms with van der Waals surface area (Å²) < 4.78 is 10.4. The summed E-state index contributed by atoms with van der Waals surface area (Å²) in [5.74, 6) is 0.211. The number of benzene rings is 1. The van der Waals surface area contributed by atoms with Crippen LogP contribution in [-0.4, -0.2) is 19.2 Å². The molecule has 100 valence electrons. The second-order valence-electron chi connectivity index (χ2n) is 4.47. The first-order valence-electron chi connectivity index (χ1n) is 6.06. The molecule has 0 unspecified atom stereocenters. The van der Waals surface area contributed by atoms with Crippen LogP contribution < -0.4 is 0 Å². The molecule has 1 rings (SSSR count). The molecule has 4 heteroatoms. The maximum atomic E-state index is 11.4. The van der Waals surface area contributed by atoms with Gasteiger partial charge < -0.3 is 9.47 Å². The van der Waals surface area contributed by atoms with Gasteiger partial charge in [-0.3, -0.25) is 4.79 Å². The molecule has 0 radical (unpaired) electrons. The molecule has 0 fully saturated rings. The van der Waals surface area contributed by atoms with Crippen molar-refractivity contribution in [2.24, 2.45) is 5.92 Å². The zero-order valence-corrected chi connectivity index (χ0v) is 11.6. The Hall–Kier alpha value is -1.06. The molecule has 0 aliphatic heterocycles. The highest BCUT2D eigenvalue weighted by atomic mass is 35.5. The van der Waals surface area contributed by atoms with E-state index in [0.29, 0.717) is 24.2 Å². The maximum Gasteiger partial charge on any atom is 0.308 e. The lowest BCUT2D eigenvalue weighted by molar-refractivity contribution is -0.146. The molecule has 0 spiro atoms. The van der Waals surface area contributed by atoms with E-state index in [1.165, 1.54) is 0 Å². The molecule has 0 aliphatic carbocycles. The molecule has 0 aromatic heterocycles. The van der Waals surface area contributed by atoms with Gasteiger partial charge in [-0.2, -0.15) is 0 Å². The predicted molar refractivity (Wildman–Crippen MR) is 71.5 cm³/mol. The van der Waals surface area contributed by atoms with Crippen LogP contribution in [-0.2, 0) is 20.9 Å². The summed E-state index contributed by atoms with van der Waals surface area (Å²) in [6.45, 7) is 5.41. The van der Waals surface area contributed by atoms with Gasteiger partial charge in [0.1, 0.15) is 6.61 Å². The molecule has 0 atom stereocenters. The normalized spacial score (nSPS) is 10.7. The average molecular weight is 271 g/mol. The van der Waals surface area contributed by atoms with Crippen LogP contribution in [0, 0.1) is 5.92 Å². The summed E-state index contributed by atoms with van der Waals surface area (Å²) in [5, 5.41) is 0.612. The Labute approximate surface area is 113 Å². The van der Waals surface area contributed by atoms with Crippen LogP contribution in [0.5, 0.6) is 0 Å². The molecule has 1 aromatic carbocycles. The Morgan fingerprint density at radius 1 is 1.33 bits per heavy atom. The monoisotopic (exact) mass is 270 g/mol. The fourth-order valence-electron chi connectivity index (χ4n) is 1.32. The number of hydrogen-bond acceptors (Lipinski definition) is 3. The van der Waals surface area contributed by atoms with Crippen molar-refractivity contribution in [3.05, 3.63) is 34.9 Å². The summed E-state index contributed by atoms with van der Waals surface area (Å²) in [4.78, 5) is 11.4. The number of hydrogen-bond donors (Lipinski definition) is 0. The Morgan fingerprint density at radius 3 is 2.72 bits per heavy atom. The van der Waals surface area contributed by atoms with Gasteiger partial charge in [0.05, 0.1) is 13.0 Å². The molecule has 0 saturated carbocycles. The Bertz CT molecular complexity index is 377. The van der Waals surface area contributed by atoms with Gasteiger partial charge in [-0.25, -0.2) is 0 Å². The van der Waals surface area contributed by atoms with Gasteiger partial charge in [-0.05, 0) is 12.0 Å². The lowest BCUT2D eigenvalue weighted by Crippen LogP contribution is -2.10. The van der Waals surface area contributed by atoms with Crippen molar-refractivity contribution in [3.63, 3.8) is 0 Å². The van der Waals surface area contributed by atoms with E-state index in [9.17, 15) is 4.79 Å². The number of rotatable bonds is 7. The van der Waals surface area contributed by atoms with Crippen molar-refractivity contribution in [2.75, 3.05) is 13.2 Å². The van der Waals surface area contributed by atoms with E-state index in [1.807, 2.05) is 18.2 Å². The molecule has 1 aromatic rings. The average Bonchev–Trinajstić information content (AvgIpc) is 2.33. The highest BCUT2D eigenvalue weighted by Gasteiger charge is 2.05.